The average molecular weight is 464 g/mol. The molecule has 1 aliphatic rings. The first-order chi connectivity index (χ1) is 14.9. The van der Waals surface area contributed by atoms with E-state index < -0.39 is 24.5 Å². The van der Waals surface area contributed by atoms with Gasteiger partial charge >= 0.3 is 11.9 Å². The van der Waals surface area contributed by atoms with E-state index in [1.807, 2.05) is 0 Å². The highest BCUT2D eigenvalue weighted by Crippen LogP contribution is 2.40. The smallest absolute Gasteiger partial charge is 0.341 e. The Bertz CT molecular complexity index is 963. The molecular weight excluding hydrogens is 438 g/mol. The first-order valence-electron chi connectivity index (χ1n) is 10.2. The molecular formula is C22H25NO6S2. The van der Waals surface area contributed by atoms with Crippen LogP contribution in [-0.4, -0.2) is 36.8 Å². The van der Waals surface area contributed by atoms with Gasteiger partial charge in [0.2, 0.25) is 0 Å². The van der Waals surface area contributed by atoms with Gasteiger partial charge in [0.1, 0.15) is 5.00 Å². The minimum absolute atomic E-state index is 0.0315. The van der Waals surface area contributed by atoms with Gasteiger partial charge in [-0.15, -0.1) is 22.7 Å². The Labute approximate surface area is 188 Å². The second-order valence-corrected chi connectivity index (χ2v) is 9.44. The van der Waals surface area contributed by atoms with Crippen molar-refractivity contribution in [2.75, 3.05) is 18.5 Å². The van der Waals surface area contributed by atoms with E-state index >= 15 is 0 Å². The number of hydrogen-bond acceptors (Lipinski definition) is 8. The van der Waals surface area contributed by atoms with E-state index in [4.69, 9.17) is 9.47 Å². The standard InChI is InChI=1S/C22H25NO6S2/c1-3-28-22(27)20-14-7-6-13(2)11-17(14)31-21(20)23-18(25)12-29-19(26)9-8-15(24)16-5-4-10-30-16/h4-5,10,13H,3,6-9,11-12H2,1-2H3,(H,23,25). The fraction of sp³-hybridized carbons (Fsp3) is 0.455. The number of Topliss-reactive ketones (excluding diaryl/α,β-unsaturated/α-hetero) is 1. The van der Waals surface area contributed by atoms with Crippen molar-refractivity contribution in [2.24, 2.45) is 5.92 Å². The van der Waals surface area contributed by atoms with Crippen molar-refractivity contribution < 1.29 is 28.7 Å². The van der Waals surface area contributed by atoms with Crippen LogP contribution in [0.4, 0.5) is 5.00 Å². The molecule has 3 rings (SSSR count). The van der Waals surface area contributed by atoms with Crippen molar-refractivity contribution in [3.05, 3.63) is 38.4 Å². The quantitative estimate of drug-likeness (QED) is 0.441. The second kappa shape index (κ2) is 10.7. The zero-order chi connectivity index (χ0) is 22.4. The number of amides is 1. The Morgan fingerprint density at radius 3 is 2.71 bits per heavy atom. The Balaban J connectivity index is 1.56. The normalized spacial score (nSPS) is 15.1. The van der Waals surface area contributed by atoms with E-state index in [1.165, 1.54) is 22.7 Å². The van der Waals surface area contributed by atoms with E-state index in [2.05, 4.69) is 12.2 Å². The summed E-state index contributed by atoms with van der Waals surface area (Å²) >= 11 is 2.70. The monoisotopic (exact) mass is 463 g/mol. The lowest BCUT2D eigenvalue weighted by molar-refractivity contribution is -0.147. The molecule has 31 heavy (non-hydrogen) atoms. The number of fused-ring (bicyclic) bond motifs is 1. The molecule has 1 atom stereocenters. The number of hydrogen-bond donors (Lipinski definition) is 1. The largest absolute Gasteiger partial charge is 0.462 e. The number of ether oxygens (including phenoxy) is 2. The summed E-state index contributed by atoms with van der Waals surface area (Å²) in [5.41, 5.74) is 1.36. The zero-order valence-corrected chi connectivity index (χ0v) is 19.2. The Morgan fingerprint density at radius 1 is 1.19 bits per heavy atom. The highest BCUT2D eigenvalue weighted by Gasteiger charge is 2.29. The maximum Gasteiger partial charge on any atom is 0.341 e. The maximum atomic E-state index is 12.5. The maximum absolute atomic E-state index is 12.5. The fourth-order valence-corrected chi connectivity index (χ4v) is 5.52. The van der Waals surface area contributed by atoms with Crippen LogP contribution in [0.1, 0.15) is 63.6 Å². The van der Waals surface area contributed by atoms with Crippen molar-refractivity contribution >= 4 is 51.3 Å². The first kappa shape index (κ1) is 23.1. The Morgan fingerprint density at radius 2 is 2.00 bits per heavy atom. The van der Waals surface area contributed by atoms with Crippen molar-refractivity contribution in [2.45, 2.75) is 46.0 Å². The predicted octanol–water partition coefficient (Wildman–Crippen LogP) is 4.26. The van der Waals surface area contributed by atoms with Crippen LogP contribution in [0, 0.1) is 5.92 Å². The number of nitrogens with one attached hydrogen (secondary N) is 1. The molecule has 0 bridgehead atoms. The van der Waals surface area contributed by atoms with Crippen LogP contribution < -0.4 is 5.32 Å². The topological polar surface area (TPSA) is 98.8 Å². The van der Waals surface area contributed by atoms with Crippen molar-refractivity contribution in [1.82, 2.24) is 0 Å². The fourth-order valence-electron chi connectivity index (χ4n) is 3.41. The van der Waals surface area contributed by atoms with Gasteiger partial charge in [0.15, 0.2) is 12.4 Å². The van der Waals surface area contributed by atoms with Gasteiger partial charge in [-0.05, 0) is 49.1 Å². The van der Waals surface area contributed by atoms with Crippen LogP contribution in [0.25, 0.3) is 0 Å². The molecule has 0 aliphatic heterocycles. The summed E-state index contributed by atoms with van der Waals surface area (Å²) in [6.07, 6.45) is 2.54. The van der Waals surface area contributed by atoms with Crippen molar-refractivity contribution in [3.8, 4) is 0 Å². The minimum Gasteiger partial charge on any atom is -0.462 e. The summed E-state index contributed by atoms with van der Waals surface area (Å²) in [6.45, 7) is 3.66. The summed E-state index contributed by atoms with van der Waals surface area (Å²) in [5, 5.41) is 4.93. The lowest BCUT2D eigenvalue weighted by Gasteiger charge is -2.18. The number of ketones is 1. The van der Waals surface area contributed by atoms with Gasteiger partial charge in [-0.1, -0.05) is 13.0 Å². The van der Waals surface area contributed by atoms with E-state index in [0.717, 1.165) is 29.7 Å². The highest BCUT2D eigenvalue weighted by atomic mass is 32.1. The molecule has 1 N–H and O–H groups in total. The SMILES string of the molecule is CCOC(=O)c1c(NC(=O)COC(=O)CCC(=O)c2cccs2)sc2c1CCC(C)C2. The summed E-state index contributed by atoms with van der Waals surface area (Å²) < 4.78 is 10.2. The molecule has 0 saturated heterocycles. The summed E-state index contributed by atoms with van der Waals surface area (Å²) in [7, 11) is 0. The van der Waals surface area contributed by atoms with Gasteiger partial charge in [-0.2, -0.15) is 0 Å². The number of rotatable bonds is 9. The third kappa shape index (κ3) is 6.01. The third-order valence-corrected chi connectivity index (χ3v) is 7.04. The van der Waals surface area contributed by atoms with Crippen LogP contribution >= 0.6 is 22.7 Å². The zero-order valence-electron chi connectivity index (χ0n) is 17.5. The lowest BCUT2D eigenvalue weighted by Crippen LogP contribution is -2.22. The van der Waals surface area contributed by atoms with Crippen molar-refractivity contribution in [1.29, 1.82) is 0 Å². The molecule has 2 heterocycles. The number of thiophene rings is 2. The van der Waals surface area contributed by atoms with Crippen LogP contribution in [0.15, 0.2) is 17.5 Å². The summed E-state index contributed by atoms with van der Waals surface area (Å²) in [4.78, 5) is 50.4. The molecule has 2 aromatic heterocycles. The minimum atomic E-state index is -0.620. The van der Waals surface area contributed by atoms with Gasteiger partial charge in [0.25, 0.3) is 5.91 Å². The first-order valence-corrected chi connectivity index (χ1v) is 11.9. The molecule has 0 fully saturated rings. The summed E-state index contributed by atoms with van der Waals surface area (Å²) in [5.74, 6) is -1.22. The number of carbonyl (C=O) groups excluding carboxylic acids is 4. The molecule has 2 aromatic rings. The second-order valence-electron chi connectivity index (χ2n) is 7.39. The number of anilines is 1. The van der Waals surface area contributed by atoms with Crippen LogP contribution in [0.3, 0.4) is 0 Å². The van der Waals surface area contributed by atoms with Gasteiger partial charge in [0, 0.05) is 11.3 Å². The van der Waals surface area contributed by atoms with Crippen LogP contribution in [0.2, 0.25) is 0 Å². The van der Waals surface area contributed by atoms with Gasteiger partial charge in [-0.25, -0.2) is 4.79 Å². The van der Waals surface area contributed by atoms with Gasteiger partial charge in [-0.3, -0.25) is 14.4 Å². The van der Waals surface area contributed by atoms with E-state index in [0.29, 0.717) is 21.4 Å². The molecule has 0 aromatic carbocycles. The van der Waals surface area contributed by atoms with E-state index in [-0.39, 0.29) is 25.2 Å². The van der Waals surface area contributed by atoms with Crippen molar-refractivity contribution in [3.63, 3.8) is 0 Å². The molecule has 0 radical (unpaired) electrons. The lowest BCUT2D eigenvalue weighted by atomic mass is 9.88. The van der Waals surface area contributed by atoms with E-state index in [9.17, 15) is 19.2 Å². The Hall–Kier alpha value is -2.52. The highest BCUT2D eigenvalue weighted by molar-refractivity contribution is 7.17. The van der Waals surface area contributed by atoms with Crippen LogP contribution in [-0.2, 0) is 31.9 Å². The summed E-state index contributed by atoms with van der Waals surface area (Å²) in [6, 6.07) is 3.47. The molecule has 1 amide bonds. The predicted molar refractivity (Wildman–Crippen MR) is 119 cm³/mol. The number of carbonyl (C=O) groups is 4. The van der Waals surface area contributed by atoms with E-state index in [1.54, 1.807) is 24.4 Å². The Kier molecular flexibility index (Phi) is 7.97. The van der Waals surface area contributed by atoms with Gasteiger partial charge < -0.3 is 14.8 Å². The molecule has 0 spiro atoms. The molecule has 1 aliphatic carbocycles. The molecule has 7 nitrogen and oxygen atoms in total. The molecule has 166 valence electrons. The molecule has 1 unspecified atom stereocenters. The molecule has 9 heteroatoms. The molecule has 0 saturated carbocycles. The average Bonchev–Trinajstić information content (AvgIpc) is 3.38. The van der Waals surface area contributed by atoms with Crippen LogP contribution in [0.5, 0.6) is 0 Å². The third-order valence-electron chi connectivity index (χ3n) is 4.96. The van der Waals surface area contributed by atoms with Gasteiger partial charge in [0.05, 0.1) is 23.5 Å². The number of esters is 2.